The first kappa shape index (κ1) is 15.4. The zero-order valence-corrected chi connectivity index (χ0v) is 12.9. The van der Waals surface area contributed by atoms with Gasteiger partial charge in [0.05, 0.1) is 17.6 Å². The molecule has 1 aliphatic heterocycles. The summed E-state index contributed by atoms with van der Waals surface area (Å²) in [6.45, 7) is 1.83. The second-order valence-corrected chi connectivity index (χ2v) is 5.87. The molecule has 0 atom stereocenters. The molecule has 0 unspecified atom stereocenters. The van der Waals surface area contributed by atoms with Gasteiger partial charge in [-0.1, -0.05) is 18.2 Å². The Balaban J connectivity index is 1.65. The van der Waals surface area contributed by atoms with Gasteiger partial charge in [0.2, 0.25) is 5.91 Å². The van der Waals surface area contributed by atoms with E-state index in [0.717, 1.165) is 36.8 Å². The lowest BCUT2D eigenvalue weighted by Crippen LogP contribution is -2.46. The predicted molar refractivity (Wildman–Crippen MR) is 87.9 cm³/mol. The Kier molecular flexibility index (Phi) is 4.52. The summed E-state index contributed by atoms with van der Waals surface area (Å²) >= 11 is 0. The number of aromatic nitrogens is 1. The van der Waals surface area contributed by atoms with Crippen LogP contribution >= 0.6 is 0 Å². The number of nitrogens with zero attached hydrogens (tertiary/aromatic N) is 2. The summed E-state index contributed by atoms with van der Waals surface area (Å²) in [6, 6.07) is 9.49. The molecule has 2 aromatic rings. The van der Waals surface area contributed by atoms with Gasteiger partial charge in [-0.2, -0.15) is 0 Å². The van der Waals surface area contributed by atoms with Crippen LogP contribution in [0.25, 0.3) is 10.9 Å². The highest BCUT2D eigenvalue weighted by atomic mass is 16.2. The van der Waals surface area contributed by atoms with E-state index in [1.54, 1.807) is 12.3 Å². The molecule has 3 N–H and O–H groups in total. The quantitative estimate of drug-likeness (QED) is 0.878. The maximum absolute atomic E-state index is 12.6. The average Bonchev–Trinajstić information content (AvgIpc) is 2.55. The van der Waals surface area contributed by atoms with E-state index in [2.05, 4.69) is 10.3 Å². The number of carbonyl (C=O) groups excluding carboxylic acids is 2. The van der Waals surface area contributed by atoms with Gasteiger partial charge in [0.1, 0.15) is 0 Å². The molecule has 0 saturated carbocycles. The fraction of sp³-hybridized carbons (Fsp3) is 0.353. The smallest absolute Gasteiger partial charge is 0.252 e. The molecule has 2 amide bonds. The molecular weight excluding hydrogens is 292 g/mol. The van der Waals surface area contributed by atoms with Gasteiger partial charge in [-0.25, -0.2) is 0 Å². The lowest BCUT2D eigenvalue weighted by molar-refractivity contribution is -0.119. The largest absolute Gasteiger partial charge is 0.369 e. The van der Waals surface area contributed by atoms with Crippen molar-refractivity contribution in [3.8, 4) is 0 Å². The highest BCUT2D eigenvalue weighted by Crippen LogP contribution is 2.17. The first-order valence-corrected chi connectivity index (χ1v) is 7.79. The minimum absolute atomic E-state index is 0.0723. The number of para-hydroxylation sites is 1. The molecule has 1 aromatic heterocycles. The summed E-state index contributed by atoms with van der Waals surface area (Å²) in [6.07, 6.45) is 3.30. The van der Waals surface area contributed by atoms with Crippen molar-refractivity contribution in [2.75, 3.05) is 19.6 Å². The fourth-order valence-corrected chi connectivity index (χ4v) is 3.01. The molecule has 2 heterocycles. The molecule has 0 spiro atoms. The van der Waals surface area contributed by atoms with E-state index in [-0.39, 0.29) is 24.4 Å². The summed E-state index contributed by atoms with van der Waals surface area (Å²) in [5.74, 6) is -0.382. The van der Waals surface area contributed by atoms with Crippen LogP contribution in [-0.2, 0) is 4.79 Å². The molecule has 6 heteroatoms. The third-order valence-electron chi connectivity index (χ3n) is 4.20. The summed E-state index contributed by atoms with van der Waals surface area (Å²) in [5.41, 5.74) is 6.68. The number of fused-ring (bicyclic) bond motifs is 1. The van der Waals surface area contributed by atoms with Gasteiger partial charge in [0.15, 0.2) is 0 Å². The number of amides is 2. The summed E-state index contributed by atoms with van der Waals surface area (Å²) < 4.78 is 0. The fourth-order valence-electron chi connectivity index (χ4n) is 3.01. The lowest BCUT2D eigenvalue weighted by Gasteiger charge is -2.31. The number of likely N-dealkylation sites (tertiary alicyclic amines) is 1. The Bertz CT molecular complexity index is 718. The SMILES string of the molecule is NC(=O)CN1CCC(NC(=O)c2ccnc3ccccc23)CC1. The van der Waals surface area contributed by atoms with E-state index < -0.39 is 0 Å². The Morgan fingerprint density at radius 1 is 1.22 bits per heavy atom. The van der Waals surface area contributed by atoms with Gasteiger partial charge in [-0.05, 0) is 25.0 Å². The van der Waals surface area contributed by atoms with Gasteiger partial charge in [-0.3, -0.25) is 19.5 Å². The molecule has 120 valence electrons. The van der Waals surface area contributed by atoms with E-state index >= 15 is 0 Å². The van der Waals surface area contributed by atoms with Crippen molar-refractivity contribution in [1.29, 1.82) is 0 Å². The monoisotopic (exact) mass is 312 g/mol. The van der Waals surface area contributed by atoms with Crippen molar-refractivity contribution < 1.29 is 9.59 Å². The number of hydrogen-bond donors (Lipinski definition) is 2. The van der Waals surface area contributed by atoms with Crippen molar-refractivity contribution in [1.82, 2.24) is 15.2 Å². The third-order valence-corrected chi connectivity index (χ3v) is 4.20. The number of piperidine rings is 1. The minimum Gasteiger partial charge on any atom is -0.369 e. The van der Waals surface area contributed by atoms with Gasteiger partial charge in [-0.15, -0.1) is 0 Å². The summed E-state index contributed by atoms with van der Waals surface area (Å²) in [7, 11) is 0. The molecule has 1 saturated heterocycles. The van der Waals surface area contributed by atoms with Crippen molar-refractivity contribution >= 4 is 22.7 Å². The number of pyridine rings is 1. The third kappa shape index (κ3) is 3.65. The van der Waals surface area contributed by atoms with Crippen molar-refractivity contribution in [3.63, 3.8) is 0 Å². The molecule has 0 bridgehead atoms. The van der Waals surface area contributed by atoms with Crippen LogP contribution in [0.15, 0.2) is 36.5 Å². The Morgan fingerprint density at radius 2 is 1.96 bits per heavy atom. The molecule has 3 rings (SSSR count). The molecule has 1 aliphatic rings. The normalized spacial score (nSPS) is 16.3. The van der Waals surface area contributed by atoms with E-state index in [1.165, 1.54) is 0 Å². The van der Waals surface area contributed by atoms with Crippen molar-refractivity contribution in [3.05, 3.63) is 42.1 Å². The average molecular weight is 312 g/mol. The Labute approximate surface area is 134 Å². The lowest BCUT2D eigenvalue weighted by atomic mass is 10.0. The van der Waals surface area contributed by atoms with Crippen molar-refractivity contribution in [2.45, 2.75) is 18.9 Å². The number of benzene rings is 1. The van der Waals surface area contributed by atoms with Crippen LogP contribution in [0.3, 0.4) is 0 Å². The first-order chi connectivity index (χ1) is 11.1. The van der Waals surface area contributed by atoms with E-state index in [4.69, 9.17) is 5.73 Å². The molecule has 23 heavy (non-hydrogen) atoms. The van der Waals surface area contributed by atoms with E-state index in [1.807, 2.05) is 29.2 Å². The second-order valence-electron chi connectivity index (χ2n) is 5.87. The standard InChI is InChI=1S/C17H20N4O2/c18-16(22)11-21-9-6-12(7-10-21)20-17(23)14-5-8-19-15-4-2-1-3-13(14)15/h1-5,8,12H,6-7,9-11H2,(H2,18,22)(H,20,23). The van der Waals surface area contributed by atoms with E-state index in [9.17, 15) is 9.59 Å². The summed E-state index contributed by atoms with van der Waals surface area (Å²) in [4.78, 5) is 29.8. The Morgan fingerprint density at radius 3 is 2.70 bits per heavy atom. The molecule has 0 aliphatic carbocycles. The maximum Gasteiger partial charge on any atom is 0.252 e. The minimum atomic E-state index is -0.309. The van der Waals surface area contributed by atoms with Crippen LogP contribution in [0.4, 0.5) is 0 Å². The first-order valence-electron chi connectivity index (χ1n) is 7.79. The zero-order chi connectivity index (χ0) is 16.2. The number of nitrogens with one attached hydrogen (secondary N) is 1. The van der Waals surface area contributed by atoms with Gasteiger partial charge in [0, 0.05) is 30.7 Å². The van der Waals surface area contributed by atoms with Crippen molar-refractivity contribution in [2.24, 2.45) is 5.73 Å². The summed E-state index contributed by atoms with van der Waals surface area (Å²) in [5, 5.41) is 3.95. The number of primary amides is 1. The van der Waals surface area contributed by atoms with Crippen LogP contribution in [0, 0.1) is 0 Å². The van der Waals surface area contributed by atoms with Crippen LogP contribution in [0.2, 0.25) is 0 Å². The van der Waals surface area contributed by atoms with Gasteiger partial charge >= 0.3 is 0 Å². The number of hydrogen-bond acceptors (Lipinski definition) is 4. The highest BCUT2D eigenvalue weighted by Gasteiger charge is 2.22. The maximum atomic E-state index is 12.6. The number of nitrogens with two attached hydrogens (primary N) is 1. The molecule has 1 fully saturated rings. The van der Waals surface area contributed by atoms with Crippen LogP contribution in [0.1, 0.15) is 23.2 Å². The van der Waals surface area contributed by atoms with Gasteiger partial charge < -0.3 is 11.1 Å². The number of rotatable bonds is 4. The Hall–Kier alpha value is -2.47. The van der Waals surface area contributed by atoms with Gasteiger partial charge in [0.25, 0.3) is 5.91 Å². The molecular formula is C17H20N4O2. The highest BCUT2D eigenvalue weighted by molar-refractivity contribution is 6.06. The van der Waals surface area contributed by atoms with Crippen LogP contribution in [0.5, 0.6) is 0 Å². The predicted octanol–water partition coefficient (Wildman–Crippen LogP) is 0.914. The molecule has 0 radical (unpaired) electrons. The second kappa shape index (κ2) is 6.75. The zero-order valence-electron chi connectivity index (χ0n) is 12.9. The molecule has 6 nitrogen and oxygen atoms in total. The van der Waals surface area contributed by atoms with Crippen LogP contribution in [-0.4, -0.2) is 47.4 Å². The number of carbonyl (C=O) groups is 2. The van der Waals surface area contributed by atoms with Crippen LogP contribution < -0.4 is 11.1 Å². The van der Waals surface area contributed by atoms with E-state index in [0.29, 0.717) is 5.56 Å². The topological polar surface area (TPSA) is 88.3 Å². The molecule has 1 aromatic carbocycles.